The molecule has 0 bridgehead atoms. The van der Waals surface area contributed by atoms with E-state index in [0.29, 0.717) is 5.92 Å². The third-order valence-corrected chi connectivity index (χ3v) is 4.72. The molecule has 4 rings (SSSR count). The van der Waals surface area contributed by atoms with Gasteiger partial charge in [0.15, 0.2) is 0 Å². The molecule has 1 saturated heterocycles. The summed E-state index contributed by atoms with van der Waals surface area (Å²) >= 11 is 0. The molecule has 22 heavy (non-hydrogen) atoms. The maximum atomic E-state index is 13.1. The van der Waals surface area contributed by atoms with E-state index in [4.69, 9.17) is 0 Å². The van der Waals surface area contributed by atoms with Gasteiger partial charge in [0, 0.05) is 31.7 Å². The van der Waals surface area contributed by atoms with Crippen LogP contribution in [0.5, 0.6) is 0 Å². The number of likely N-dealkylation sites (tertiary alicyclic amines) is 1. The topological polar surface area (TPSA) is 51.0 Å². The molecule has 1 aromatic carbocycles. The van der Waals surface area contributed by atoms with Crippen molar-refractivity contribution < 1.29 is 9.18 Å². The predicted octanol–water partition coefficient (Wildman–Crippen LogP) is 1.61. The summed E-state index contributed by atoms with van der Waals surface area (Å²) in [4.78, 5) is 14.7. The lowest BCUT2D eigenvalue weighted by atomic mass is 9.90. The fraction of sp³-hybridized carbons (Fsp3) is 0.438. The lowest BCUT2D eigenvalue weighted by Crippen LogP contribution is -2.54. The number of hydrogen-bond donors (Lipinski definition) is 0. The third kappa shape index (κ3) is 2.19. The van der Waals surface area contributed by atoms with Crippen LogP contribution in [0, 0.1) is 11.7 Å². The quantitative estimate of drug-likeness (QED) is 0.862. The van der Waals surface area contributed by atoms with Gasteiger partial charge in [-0.1, -0.05) is 17.3 Å². The van der Waals surface area contributed by atoms with Gasteiger partial charge in [-0.2, -0.15) is 0 Å². The molecule has 114 valence electrons. The number of rotatable bonds is 4. The van der Waals surface area contributed by atoms with Crippen molar-refractivity contribution in [3.05, 3.63) is 48.0 Å². The smallest absolute Gasteiger partial charge is 0.233 e. The Morgan fingerprint density at radius 3 is 2.59 bits per heavy atom. The minimum absolute atomic E-state index is 0.189. The molecule has 0 spiro atoms. The first-order chi connectivity index (χ1) is 10.7. The number of carbonyl (C=O) groups is 1. The van der Waals surface area contributed by atoms with Gasteiger partial charge < -0.3 is 4.90 Å². The molecule has 2 fully saturated rings. The summed E-state index contributed by atoms with van der Waals surface area (Å²) in [5.41, 5.74) is 0.546. The van der Waals surface area contributed by atoms with E-state index < -0.39 is 5.41 Å². The highest BCUT2D eigenvalue weighted by atomic mass is 19.1. The van der Waals surface area contributed by atoms with Gasteiger partial charge >= 0.3 is 0 Å². The van der Waals surface area contributed by atoms with E-state index >= 15 is 0 Å². The van der Waals surface area contributed by atoms with Crippen LogP contribution in [-0.4, -0.2) is 38.9 Å². The lowest BCUT2D eigenvalue weighted by Gasteiger charge is -2.41. The molecule has 6 heteroatoms. The summed E-state index contributed by atoms with van der Waals surface area (Å²) in [6, 6.07) is 6.36. The number of aromatic nitrogens is 3. The first kappa shape index (κ1) is 13.4. The van der Waals surface area contributed by atoms with Crippen LogP contribution in [0.2, 0.25) is 0 Å². The Bertz CT molecular complexity index is 673. The Labute approximate surface area is 127 Å². The van der Waals surface area contributed by atoms with Crippen LogP contribution in [-0.2, 0) is 16.8 Å². The largest absolute Gasteiger partial charge is 0.341 e. The molecule has 1 aliphatic heterocycles. The zero-order chi connectivity index (χ0) is 15.2. The van der Waals surface area contributed by atoms with Gasteiger partial charge in [-0.3, -0.25) is 9.48 Å². The van der Waals surface area contributed by atoms with E-state index in [1.807, 2.05) is 11.1 Å². The van der Waals surface area contributed by atoms with E-state index in [1.165, 1.54) is 12.1 Å². The first-order valence-corrected chi connectivity index (χ1v) is 7.57. The SMILES string of the molecule is O=C(N1CC(Cn2ccnn2)C1)C1(c2ccc(F)cc2)CC1. The van der Waals surface area contributed by atoms with Crippen LogP contribution in [0.4, 0.5) is 4.39 Å². The molecule has 1 aromatic heterocycles. The van der Waals surface area contributed by atoms with Crippen LogP contribution in [0.15, 0.2) is 36.7 Å². The number of benzene rings is 1. The Hall–Kier alpha value is -2.24. The maximum absolute atomic E-state index is 13.1. The monoisotopic (exact) mass is 300 g/mol. The average molecular weight is 300 g/mol. The average Bonchev–Trinajstić information content (AvgIpc) is 3.13. The molecule has 2 heterocycles. The van der Waals surface area contributed by atoms with Gasteiger partial charge in [0.1, 0.15) is 5.82 Å². The number of hydrogen-bond acceptors (Lipinski definition) is 3. The van der Waals surface area contributed by atoms with Crippen LogP contribution >= 0.6 is 0 Å². The summed E-state index contributed by atoms with van der Waals surface area (Å²) < 4.78 is 14.9. The van der Waals surface area contributed by atoms with Crippen LogP contribution < -0.4 is 0 Å². The summed E-state index contributed by atoms with van der Waals surface area (Å²) in [6.45, 7) is 2.33. The van der Waals surface area contributed by atoms with Crippen molar-refractivity contribution in [2.24, 2.45) is 5.92 Å². The highest BCUT2D eigenvalue weighted by Crippen LogP contribution is 2.50. The Morgan fingerprint density at radius 2 is 2.00 bits per heavy atom. The van der Waals surface area contributed by atoms with Crippen molar-refractivity contribution >= 4 is 5.91 Å². The maximum Gasteiger partial charge on any atom is 0.233 e. The Morgan fingerprint density at radius 1 is 1.27 bits per heavy atom. The molecule has 2 aromatic rings. The fourth-order valence-electron chi connectivity index (χ4n) is 3.27. The molecule has 0 unspecified atom stereocenters. The van der Waals surface area contributed by atoms with Crippen LogP contribution in [0.3, 0.4) is 0 Å². The summed E-state index contributed by atoms with van der Waals surface area (Å²) in [7, 11) is 0. The summed E-state index contributed by atoms with van der Waals surface area (Å²) in [6.07, 6.45) is 5.23. The van der Waals surface area contributed by atoms with Crippen LogP contribution in [0.1, 0.15) is 18.4 Å². The number of halogens is 1. The molecule has 1 amide bonds. The molecular weight excluding hydrogens is 283 g/mol. The van der Waals surface area contributed by atoms with Gasteiger partial charge in [0.2, 0.25) is 5.91 Å². The standard InChI is InChI=1S/C16H17FN4O/c17-14-3-1-13(2-4-14)16(5-6-16)15(22)20-9-12(10-20)11-21-8-7-18-19-21/h1-4,7-8,12H,5-6,9-11H2. The predicted molar refractivity (Wildman–Crippen MR) is 77.4 cm³/mol. The minimum atomic E-state index is -0.397. The number of carbonyl (C=O) groups excluding carboxylic acids is 1. The molecule has 1 saturated carbocycles. The number of nitrogens with zero attached hydrogens (tertiary/aromatic N) is 4. The molecular formula is C16H17FN4O. The fourth-order valence-corrected chi connectivity index (χ4v) is 3.27. The van der Waals surface area contributed by atoms with E-state index in [9.17, 15) is 9.18 Å². The molecule has 0 N–H and O–H groups in total. The lowest BCUT2D eigenvalue weighted by molar-refractivity contribution is -0.140. The Kier molecular flexibility index (Phi) is 2.99. The molecule has 0 radical (unpaired) electrons. The van der Waals surface area contributed by atoms with Gasteiger partial charge in [0.05, 0.1) is 11.6 Å². The molecule has 1 aliphatic carbocycles. The zero-order valence-corrected chi connectivity index (χ0v) is 12.2. The second-order valence-electron chi connectivity index (χ2n) is 6.29. The van der Waals surface area contributed by atoms with E-state index in [0.717, 1.165) is 38.0 Å². The van der Waals surface area contributed by atoms with Crippen LogP contribution in [0.25, 0.3) is 0 Å². The van der Waals surface area contributed by atoms with Crippen molar-refractivity contribution in [3.8, 4) is 0 Å². The molecule has 2 aliphatic rings. The number of amides is 1. The van der Waals surface area contributed by atoms with Crippen molar-refractivity contribution in [1.82, 2.24) is 19.9 Å². The minimum Gasteiger partial charge on any atom is -0.341 e. The molecule has 5 nitrogen and oxygen atoms in total. The molecule has 0 atom stereocenters. The van der Waals surface area contributed by atoms with Gasteiger partial charge in [-0.25, -0.2) is 4.39 Å². The highest BCUT2D eigenvalue weighted by Gasteiger charge is 2.54. The first-order valence-electron chi connectivity index (χ1n) is 7.57. The van der Waals surface area contributed by atoms with Crippen molar-refractivity contribution in [2.45, 2.75) is 24.8 Å². The van der Waals surface area contributed by atoms with Gasteiger partial charge in [0.25, 0.3) is 0 Å². The second-order valence-corrected chi connectivity index (χ2v) is 6.29. The van der Waals surface area contributed by atoms with Crippen molar-refractivity contribution in [1.29, 1.82) is 0 Å². The summed E-state index contributed by atoms with van der Waals surface area (Å²) in [5.74, 6) is 0.368. The van der Waals surface area contributed by atoms with Crippen molar-refractivity contribution in [2.75, 3.05) is 13.1 Å². The van der Waals surface area contributed by atoms with E-state index in [2.05, 4.69) is 10.3 Å². The van der Waals surface area contributed by atoms with Crippen molar-refractivity contribution in [3.63, 3.8) is 0 Å². The third-order valence-electron chi connectivity index (χ3n) is 4.72. The Balaban J connectivity index is 1.40. The normalized spacial score (nSPS) is 19.8. The van der Waals surface area contributed by atoms with E-state index in [-0.39, 0.29) is 11.7 Å². The van der Waals surface area contributed by atoms with Gasteiger partial charge in [-0.05, 0) is 30.5 Å². The summed E-state index contributed by atoms with van der Waals surface area (Å²) in [5, 5.41) is 7.74. The van der Waals surface area contributed by atoms with E-state index in [1.54, 1.807) is 23.0 Å². The zero-order valence-electron chi connectivity index (χ0n) is 12.2. The highest BCUT2D eigenvalue weighted by molar-refractivity contribution is 5.91. The van der Waals surface area contributed by atoms with Gasteiger partial charge in [-0.15, -0.1) is 5.10 Å². The second kappa shape index (κ2) is 4.90.